The number of alkyl halides is 3. The Hall–Kier alpha value is -4.65. The number of nitrogens with one attached hydrogen (secondary N) is 1. The first-order valence-corrected chi connectivity index (χ1v) is 12.4. The number of ether oxygens (including phenoxy) is 1. The molecule has 0 saturated heterocycles. The molecular weight excluding hydrogens is 546 g/mol. The molecule has 0 aliphatic heterocycles. The second-order valence-electron chi connectivity index (χ2n) is 9.22. The number of primary amides is 1. The van der Waals surface area contributed by atoms with Crippen molar-refractivity contribution < 1.29 is 36.7 Å². The number of carbonyl (C=O) groups is 3. The van der Waals surface area contributed by atoms with Crippen LogP contribution in [-0.4, -0.2) is 46.1 Å². The standard InChI is InChI=1S/C28H25F4N5O4/c1-15-24(35-27(40)20-13-22(26(33)39)34-21-12-18(29)9-10-19(20)21)25(28(30,31)32)36-37(15)14-16-5-7-17(8-6-16)23(38)4-3-11-41-2/h5-10,12-13H,3-4,11,14H2,1-2H3,(H2,33,39)(H,35,40). The summed E-state index contributed by atoms with van der Waals surface area (Å²) >= 11 is 0. The molecule has 214 valence electrons. The van der Waals surface area contributed by atoms with Crippen LogP contribution in [0.5, 0.6) is 0 Å². The molecule has 2 aromatic carbocycles. The highest BCUT2D eigenvalue weighted by atomic mass is 19.4. The molecule has 0 radical (unpaired) electrons. The number of methoxy groups -OCH3 is 1. The van der Waals surface area contributed by atoms with Gasteiger partial charge in [0.15, 0.2) is 11.5 Å². The van der Waals surface area contributed by atoms with E-state index in [-0.39, 0.29) is 40.2 Å². The largest absolute Gasteiger partial charge is 0.437 e. The van der Waals surface area contributed by atoms with Gasteiger partial charge in [0.2, 0.25) is 0 Å². The third kappa shape index (κ3) is 6.57. The number of Topliss-reactive ketones (excluding diaryl/α,β-unsaturated/α-hetero) is 1. The first kappa shape index (κ1) is 29.3. The summed E-state index contributed by atoms with van der Waals surface area (Å²) in [6.07, 6.45) is -4.06. The minimum absolute atomic E-state index is 0.00456. The van der Waals surface area contributed by atoms with E-state index in [0.29, 0.717) is 30.6 Å². The highest BCUT2D eigenvalue weighted by Gasteiger charge is 2.39. The molecule has 4 rings (SSSR count). The van der Waals surface area contributed by atoms with Crippen molar-refractivity contribution in [2.75, 3.05) is 19.0 Å². The highest BCUT2D eigenvalue weighted by Crippen LogP contribution is 2.36. The Morgan fingerprint density at radius 2 is 1.78 bits per heavy atom. The zero-order valence-corrected chi connectivity index (χ0v) is 22.0. The van der Waals surface area contributed by atoms with Crippen LogP contribution in [0.25, 0.3) is 10.9 Å². The average molecular weight is 572 g/mol. The third-order valence-electron chi connectivity index (χ3n) is 6.34. The Balaban J connectivity index is 1.65. The number of ketones is 1. The van der Waals surface area contributed by atoms with E-state index < -0.39 is 35.2 Å². The number of nitrogens with zero attached hydrogens (tertiary/aromatic N) is 3. The molecular formula is C28H25F4N5O4. The van der Waals surface area contributed by atoms with Gasteiger partial charge in [0.1, 0.15) is 11.5 Å². The van der Waals surface area contributed by atoms with Crippen molar-refractivity contribution in [2.24, 2.45) is 5.73 Å². The maximum atomic E-state index is 14.0. The maximum absolute atomic E-state index is 14.0. The SMILES string of the molecule is COCCCC(=O)c1ccc(Cn2nc(C(F)(F)F)c(NC(=O)c3cc(C(N)=O)nc4cc(F)ccc34)c2C)cc1. The van der Waals surface area contributed by atoms with Crippen molar-refractivity contribution in [1.82, 2.24) is 14.8 Å². The van der Waals surface area contributed by atoms with Gasteiger partial charge < -0.3 is 15.8 Å². The van der Waals surface area contributed by atoms with Crippen molar-refractivity contribution in [2.45, 2.75) is 32.5 Å². The predicted octanol–water partition coefficient (Wildman–Crippen LogP) is 4.91. The number of benzene rings is 2. The Labute approximate surface area is 231 Å². The number of pyridine rings is 1. The Morgan fingerprint density at radius 3 is 2.41 bits per heavy atom. The molecule has 9 nitrogen and oxygen atoms in total. The monoisotopic (exact) mass is 571 g/mol. The summed E-state index contributed by atoms with van der Waals surface area (Å²) in [5.41, 5.74) is 3.75. The fourth-order valence-electron chi connectivity index (χ4n) is 4.24. The Morgan fingerprint density at radius 1 is 1.07 bits per heavy atom. The van der Waals surface area contributed by atoms with Gasteiger partial charge in [0, 0.05) is 37.2 Å². The summed E-state index contributed by atoms with van der Waals surface area (Å²) in [5, 5.41) is 6.07. The molecule has 0 aliphatic carbocycles. The summed E-state index contributed by atoms with van der Waals surface area (Å²) in [4.78, 5) is 41.2. The van der Waals surface area contributed by atoms with E-state index in [4.69, 9.17) is 10.5 Å². The first-order valence-electron chi connectivity index (χ1n) is 12.4. The van der Waals surface area contributed by atoms with Gasteiger partial charge in [-0.15, -0.1) is 0 Å². The molecule has 2 heterocycles. The van der Waals surface area contributed by atoms with E-state index in [1.807, 2.05) is 0 Å². The second-order valence-corrected chi connectivity index (χ2v) is 9.22. The van der Waals surface area contributed by atoms with E-state index in [9.17, 15) is 31.9 Å². The van der Waals surface area contributed by atoms with Gasteiger partial charge in [-0.2, -0.15) is 18.3 Å². The number of nitrogens with two attached hydrogens (primary N) is 1. The molecule has 0 unspecified atom stereocenters. The van der Waals surface area contributed by atoms with Crippen molar-refractivity contribution >= 4 is 34.2 Å². The van der Waals surface area contributed by atoms with Crippen molar-refractivity contribution in [3.8, 4) is 0 Å². The van der Waals surface area contributed by atoms with Gasteiger partial charge in [0.05, 0.1) is 29.0 Å². The third-order valence-corrected chi connectivity index (χ3v) is 6.34. The quantitative estimate of drug-likeness (QED) is 0.158. The molecule has 4 aromatic rings. The van der Waals surface area contributed by atoms with E-state index in [1.165, 1.54) is 13.0 Å². The number of carbonyl (C=O) groups excluding carboxylic acids is 3. The van der Waals surface area contributed by atoms with Crippen LogP contribution >= 0.6 is 0 Å². The fourth-order valence-corrected chi connectivity index (χ4v) is 4.24. The van der Waals surface area contributed by atoms with Crippen LogP contribution in [0.4, 0.5) is 23.2 Å². The van der Waals surface area contributed by atoms with Crippen LogP contribution < -0.4 is 11.1 Å². The van der Waals surface area contributed by atoms with Crippen LogP contribution in [0.15, 0.2) is 48.5 Å². The van der Waals surface area contributed by atoms with Crippen LogP contribution in [0, 0.1) is 12.7 Å². The lowest BCUT2D eigenvalue weighted by atomic mass is 10.0. The van der Waals surface area contributed by atoms with Crippen LogP contribution in [0.1, 0.15) is 61.0 Å². The van der Waals surface area contributed by atoms with E-state index in [2.05, 4.69) is 15.4 Å². The van der Waals surface area contributed by atoms with Crippen molar-refractivity contribution in [3.05, 3.63) is 88.1 Å². The number of halogens is 4. The normalized spacial score (nSPS) is 11.6. The molecule has 0 fully saturated rings. The lowest BCUT2D eigenvalue weighted by Crippen LogP contribution is -2.19. The van der Waals surface area contributed by atoms with Gasteiger partial charge in [-0.3, -0.25) is 19.1 Å². The summed E-state index contributed by atoms with van der Waals surface area (Å²) in [6, 6.07) is 10.7. The zero-order chi connectivity index (χ0) is 29.9. The van der Waals surface area contributed by atoms with Gasteiger partial charge in [-0.25, -0.2) is 9.37 Å². The Kier molecular flexibility index (Phi) is 8.47. The molecule has 2 aromatic heterocycles. The topological polar surface area (TPSA) is 129 Å². The molecule has 3 N–H and O–H groups in total. The number of hydrogen-bond donors (Lipinski definition) is 2. The molecule has 0 spiro atoms. The van der Waals surface area contributed by atoms with Crippen molar-refractivity contribution in [1.29, 1.82) is 0 Å². The predicted molar refractivity (Wildman–Crippen MR) is 141 cm³/mol. The van der Waals surface area contributed by atoms with Crippen LogP contribution in [0.2, 0.25) is 0 Å². The summed E-state index contributed by atoms with van der Waals surface area (Å²) in [5.74, 6) is -2.79. The van der Waals surface area contributed by atoms with E-state index in [0.717, 1.165) is 22.9 Å². The number of anilines is 1. The van der Waals surface area contributed by atoms with Crippen molar-refractivity contribution in [3.63, 3.8) is 0 Å². The zero-order valence-electron chi connectivity index (χ0n) is 22.0. The lowest BCUT2D eigenvalue weighted by molar-refractivity contribution is -0.140. The molecule has 41 heavy (non-hydrogen) atoms. The smallest absolute Gasteiger partial charge is 0.385 e. The van der Waals surface area contributed by atoms with Crippen LogP contribution in [0.3, 0.4) is 0 Å². The molecule has 0 saturated carbocycles. The average Bonchev–Trinajstić information content (AvgIpc) is 3.23. The summed E-state index contributed by atoms with van der Waals surface area (Å²) < 4.78 is 61.8. The van der Waals surface area contributed by atoms with Gasteiger partial charge in [0.25, 0.3) is 11.8 Å². The lowest BCUT2D eigenvalue weighted by Gasteiger charge is -2.12. The Bertz CT molecular complexity index is 1630. The van der Waals surface area contributed by atoms with Gasteiger partial charge in [-0.1, -0.05) is 24.3 Å². The number of aromatic nitrogens is 3. The highest BCUT2D eigenvalue weighted by molar-refractivity contribution is 6.14. The second kappa shape index (κ2) is 11.8. The minimum Gasteiger partial charge on any atom is -0.385 e. The van der Waals surface area contributed by atoms with E-state index in [1.54, 1.807) is 31.4 Å². The van der Waals surface area contributed by atoms with Gasteiger partial charge >= 0.3 is 6.18 Å². The molecule has 2 amide bonds. The number of rotatable bonds is 10. The molecule has 13 heteroatoms. The molecule has 0 atom stereocenters. The van der Waals surface area contributed by atoms with Gasteiger partial charge in [-0.05, 0) is 37.1 Å². The fraction of sp³-hybridized carbons (Fsp3) is 0.250. The summed E-state index contributed by atoms with van der Waals surface area (Å²) in [6.45, 7) is 1.73. The summed E-state index contributed by atoms with van der Waals surface area (Å²) in [7, 11) is 1.54. The van der Waals surface area contributed by atoms with E-state index >= 15 is 0 Å². The first-order chi connectivity index (χ1) is 19.4. The number of hydrogen-bond acceptors (Lipinski definition) is 6. The number of amides is 2. The molecule has 0 bridgehead atoms. The van der Waals surface area contributed by atoms with Crippen LogP contribution in [-0.2, 0) is 17.5 Å². The molecule has 0 aliphatic rings. The maximum Gasteiger partial charge on any atom is 0.437 e. The number of fused-ring (bicyclic) bond motifs is 1. The minimum atomic E-state index is -4.92.